The molecule has 8 heteroatoms. The molecule has 2 aromatic heterocycles. The number of nitrogens with zero attached hydrogens (tertiary/aromatic N) is 3. The molecule has 0 atom stereocenters. The number of para-hydroxylation sites is 2. The van der Waals surface area contributed by atoms with E-state index >= 15 is 0 Å². The van der Waals surface area contributed by atoms with E-state index in [-0.39, 0.29) is 17.2 Å². The Morgan fingerprint density at radius 3 is 2.58 bits per heavy atom. The maximum atomic E-state index is 14.8. The summed E-state index contributed by atoms with van der Waals surface area (Å²) in [4.78, 5) is 16.4. The number of aromatic amines is 1. The molecule has 5 rings (SSSR count). The van der Waals surface area contributed by atoms with Crippen molar-refractivity contribution in [2.24, 2.45) is 0 Å². The summed E-state index contributed by atoms with van der Waals surface area (Å²) in [5.74, 6) is 0.0603. The zero-order chi connectivity index (χ0) is 22.9. The van der Waals surface area contributed by atoms with Crippen molar-refractivity contribution in [2.75, 3.05) is 5.75 Å². The molecule has 5 nitrogen and oxygen atoms in total. The summed E-state index contributed by atoms with van der Waals surface area (Å²) in [5.41, 5.74) is 3.30. The maximum absolute atomic E-state index is 14.8. The number of hydrogen-bond donors (Lipinski definition) is 1. The highest BCUT2D eigenvalue weighted by atomic mass is 35.5. The van der Waals surface area contributed by atoms with Crippen molar-refractivity contribution in [3.8, 4) is 17.1 Å². The molecule has 0 radical (unpaired) electrons. The Hall–Kier alpha value is -3.42. The molecule has 1 N–H and O–H groups in total. The van der Waals surface area contributed by atoms with E-state index in [1.165, 1.54) is 17.8 Å². The van der Waals surface area contributed by atoms with Crippen LogP contribution in [0.5, 0.6) is 0 Å². The second-order valence-electron chi connectivity index (χ2n) is 7.46. The quantitative estimate of drug-likeness (QED) is 0.225. The van der Waals surface area contributed by atoms with Crippen LogP contribution in [0.15, 0.2) is 78.0 Å². The number of fused-ring (bicyclic) bond motifs is 1. The number of carbonyl (C=O) groups excluding carboxylic acids is 1. The molecule has 5 aromatic rings. The van der Waals surface area contributed by atoms with Crippen LogP contribution < -0.4 is 0 Å². The highest BCUT2D eigenvalue weighted by Crippen LogP contribution is 2.33. The van der Waals surface area contributed by atoms with Gasteiger partial charge in [0.2, 0.25) is 0 Å². The molecule has 0 aliphatic rings. The van der Waals surface area contributed by atoms with Gasteiger partial charge in [0.15, 0.2) is 16.8 Å². The number of nitrogens with one attached hydrogen (secondary N) is 1. The van der Waals surface area contributed by atoms with Crippen molar-refractivity contribution in [1.29, 1.82) is 0 Å². The molecular formula is C25H18ClFN4OS. The Morgan fingerprint density at radius 2 is 1.76 bits per heavy atom. The molecule has 0 bridgehead atoms. The first-order valence-corrected chi connectivity index (χ1v) is 11.6. The van der Waals surface area contributed by atoms with E-state index in [0.29, 0.717) is 27.1 Å². The van der Waals surface area contributed by atoms with Crippen LogP contribution in [0.1, 0.15) is 16.1 Å². The van der Waals surface area contributed by atoms with Crippen LogP contribution in [-0.2, 0) is 0 Å². The number of aryl methyl sites for hydroxylation is 1. The minimum absolute atomic E-state index is 0.0441. The predicted octanol–water partition coefficient (Wildman–Crippen LogP) is 6.49. The average Bonchev–Trinajstić information content (AvgIpc) is 3.38. The number of carbonyl (C=O) groups is 1. The van der Waals surface area contributed by atoms with Crippen molar-refractivity contribution in [2.45, 2.75) is 12.1 Å². The van der Waals surface area contributed by atoms with Crippen LogP contribution in [0, 0.1) is 12.7 Å². The molecule has 3 aromatic carbocycles. The lowest BCUT2D eigenvalue weighted by molar-refractivity contribution is 0.102. The maximum Gasteiger partial charge on any atom is 0.196 e. The molecule has 0 spiro atoms. The Bertz CT molecular complexity index is 1490. The van der Waals surface area contributed by atoms with E-state index in [1.807, 2.05) is 43.3 Å². The molecule has 0 saturated carbocycles. The molecule has 0 amide bonds. The molecule has 0 aliphatic carbocycles. The third kappa shape index (κ3) is 3.94. The van der Waals surface area contributed by atoms with Gasteiger partial charge in [-0.1, -0.05) is 65.8 Å². The minimum Gasteiger partial charge on any atom is -0.358 e. The van der Waals surface area contributed by atoms with Gasteiger partial charge in [0.1, 0.15) is 5.82 Å². The third-order valence-electron chi connectivity index (χ3n) is 5.35. The largest absolute Gasteiger partial charge is 0.358 e. The van der Waals surface area contributed by atoms with Gasteiger partial charge < -0.3 is 4.98 Å². The fourth-order valence-corrected chi connectivity index (χ4v) is 4.91. The highest BCUT2D eigenvalue weighted by molar-refractivity contribution is 7.99. The van der Waals surface area contributed by atoms with Crippen molar-refractivity contribution < 1.29 is 9.18 Å². The summed E-state index contributed by atoms with van der Waals surface area (Å²) in [6.07, 6.45) is 0. The Morgan fingerprint density at radius 1 is 1.03 bits per heavy atom. The standard InChI is InChI=1S/C25H18ClFN4OS/c1-15-23(17-9-3-6-12-20(17)28-15)22(32)14-33-25-30-29-24(16-8-2-4-10-18(16)26)31(25)21-13-7-5-11-19(21)27/h2-13,28H,14H2,1H3. The van der Waals surface area contributed by atoms with Crippen molar-refractivity contribution in [1.82, 2.24) is 19.7 Å². The SMILES string of the molecule is Cc1[nH]c2ccccc2c1C(=O)CSc1nnc(-c2ccccc2Cl)n1-c1ccccc1F. The number of hydrogen-bond acceptors (Lipinski definition) is 4. The lowest BCUT2D eigenvalue weighted by Crippen LogP contribution is -2.07. The molecule has 0 saturated heterocycles. The van der Waals surface area contributed by atoms with E-state index in [0.717, 1.165) is 16.6 Å². The smallest absolute Gasteiger partial charge is 0.196 e. The van der Waals surface area contributed by atoms with Crippen molar-refractivity contribution >= 4 is 40.0 Å². The van der Waals surface area contributed by atoms with E-state index < -0.39 is 5.82 Å². The van der Waals surface area contributed by atoms with Gasteiger partial charge in [0.25, 0.3) is 0 Å². The second kappa shape index (κ2) is 8.84. The average molecular weight is 477 g/mol. The van der Waals surface area contributed by atoms with Crippen LogP contribution in [0.4, 0.5) is 4.39 Å². The van der Waals surface area contributed by atoms with Crippen LogP contribution in [0.3, 0.4) is 0 Å². The topological polar surface area (TPSA) is 63.6 Å². The van der Waals surface area contributed by atoms with Crippen LogP contribution in [-0.4, -0.2) is 31.3 Å². The number of benzene rings is 3. The first kappa shape index (κ1) is 21.4. The predicted molar refractivity (Wildman–Crippen MR) is 130 cm³/mol. The normalized spacial score (nSPS) is 11.2. The number of rotatable bonds is 6. The lowest BCUT2D eigenvalue weighted by Gasteiger charge is -2.12. The molecule has 0 aliphatic heterocycles. The lowest BCUT2D eigenvalue weighted by atomic mass is 10.1. The van der Waals surface area contributed by atoms with Crippen LogP contribution >= 0.6 is 23.4 Å². The zero-order valence-electron chi connectivity index (χ0n) is 17.5. The second-order valence-corrected chi connectivity index (χ2v) is 8.80. The van der Waals surface area contributed by atoms with Crippen LogP contribution in [0.25, 0.3) is 28.0 Å². The van der Waals surface area contributed by atoms with Gasteiger partial charge in [0, 0.05) is 27.7 Å². The summed E-state index contributed by atoms with van der Waals surface area (Å²) >= 11 is 7.61. The van der Waals surface area contributed by atoms with Crippen LogP contribution in [0.2, 0.25) is 5.02 Å². The molecule has 33 heavy (non-hydrogen) atoms. The monoisotopic (exact) mass is 476 g/mol. The van der Waals surface area contributed by atoms with Gasteiger partial charge in [-0.05, 0) is 37.3 Å². The third-order valence-corrected chi connectivity index (χ3v) is 6.60. The van der Waals surface area contributed by atoms with E-state index in [1.54, 1.807) is 34.9 Å². The van der Waals surface area contributed by atoms with Gasteiger partial charge >= 0.3 is 0 Å². The first-order chi connectivity index (χ1) is 16.0. The number of halogens is 2. The van der Waals surface area contributed by atoms with Gasteiger partial charge in [-0.25, -0.2) is 4.39 Å². The minimum atomic E-state index is -0.425. The van der Waals surface area contributed by atoms with E-state index in [2.05, 4.69) is 15.2 Å². The molecule has 0 unspecified atom stereocenters. The molecule has 0 fully saturated rings. The molecule has 2 heterocycles. The first-order valence-electron chi connectivity index (χ1n) is 10.2. The summed E-state index contributed by atoms with van der Waals surface area (Å²) in [5, 5.41) is 10.3. The molecule has 164 valence electrons. The summed E-state index contributed by atoms with van der Waals surface area (Å²) < 4.78 is 16.4. The number of Topliss-reactive ketones (excluding diaryl/α,β-unsaturated/α-hetero) is 1. The Kier molecular flexibility index (Phi) is 5.74. The number of ketones is 1. The van der Waals surface area contributed by atoms with E-state index in [4.69, 9.17) is 11.6 Å². The summed E-state index contributed by atoms with van der Waals surface area (Å²) in [7, 11) is 0. The fraction of sp³-hybridized carbons (Fsp3) is 0.0800. The Labute approximate surface area is 198 Å². The summed E-state index contributed by atoms with van der Waals surface area (Å²) in [6.45, 7) is 1.88. The Balaban J connectivity index is 1.54. The van der Waals surface area contributed by atoms with Crippen molar-refractivity contribution in [3.63, 3.8) is 0 Å². The van der Waals surface area contributed by atoms with Gasteiger partial charge in [-0.3, -0.25) is 9.36 Å². The van der Waals surface area contributed by atoms with Gasteiger partial charge in [-0.15, -0.1) is 10.2 Å². The molecular weight excluding hydrogens is 459 g/mol. The zero-order valence-corrected chi connectivity index (χ0v) is 19.1. The van der Waals surface area contributed by atoms with Crippen molar-refractivity contribution in [3.05, 3.63) is 94.9 Å². The number of thioether (sulfide) groups is 1. The fourth-order valence-electron chi connectivity index (χ4n) is 3.87. The number of aromatic nitrogens is 4. The van der Waals surface area contributed by atoms with Gasteiger partial charge in [0.05, 0.1) is 16.5 Å². The van der Waals surface area contributed by atoms with Gasteiger partial charge in [-0.2, -0.15) is 0 Å². The van der Waals surface area contributed by atoms with E-state index in [9.17, 15) is 9.18 Å². The highest BCUT2D eigenvalue weighted by Gasteiger charge is 2.22. The summed E-state index contributed by atoms with van der Waals surface area (Å²) in [6, 6.07) is 21.3. The number of H-pyrrole nitrogens is 1.